The highest BCUT2D eigenvalue weighted by atomic mass is 32.2. The molecule has 86 valence electrons. The lowest BCUT2D eigenvalue weighted by Gasteiger charge is -2.23. The summed E-state index contributed by atoms with van der Waals surface area (Å²) >= 11 is 1.84. The first kappa shape index (κ1) is 12.3. The van der Waals surface area contributed by atoms with Crippen LogP contribution < -0.4 is 16.4 Å². The SMILES string of the molecule is C[C@H](NC(=O)CC1CSCCN1)C(N)=O. The number of rotatable bonds is 4. The molecule has 0 aromatic rings. The lowest BCUT2D eigenvalue weighted by molar-refractivity contribution is -0.127. The van der Waals surface area contributed by atoms with Crippen LogP contribution in [0.15, 0.2) is 0 Å². The van der Waals surface area contributed by atoms with Crippen molar-refractivity contribution in [2.24, 2.45) is 5.73 Å². The van der Waals surface area contributed by atoms with E-state index in [-0.39, 0.29) is 11.9 Å². The predicted octanol–water partition coefficient (Wildman–Crippen LogP) is -0.928. The molecule has 0 bridgehead atoms. The lowest BCUT2D eigenvalue weighted by Crippen LogP contribution is -2.46. The van der Waals surface area contributed by atoms with E-state index in [0.717, 1.165) is 18.1 Å². The number of hydrogen-bond acceptors (Lipinski definition) is 4. The van der Waals surface area contributed by atoms with Crippen LogP contribution in [0.1, 0.15) is 13.3 Å². The van der Waals surface area contributed by atoms with Gasteiger partial charge in [-0.2, -0.15) is 11.8 Å². The van der Waals surface area contributed by atoms with E-state index in [0.29, 0.717) is 6.42 Å². The van der Waals surface area contributed by atoms with Crippen LogP contribution in [0.2, 0.25) is 0 Å². The smallest absolute Gasteiger partial charge is 0.239 e. The first-order chi connectivity index (χ1) is 7.09. The van der Waals surface area contributed by atoms with Gasteiger partial charge in [-0.3, -0.25) is 9.59 Å². The Hall–Kier alpha value is -0.750. The average molecular weight is 231 g/mol. The molecule has 0 spiro atoms. The van der Waals surface area contributed by atoms with Crippen LogP contribution in [-0.4, -0.2) is 41.9 Å². The molecule has 0 aliphatic carbocycles. The van der Waals surface area contributed by atoms with Crippen LogP contribution in [0, 0.1) is 0 Å². The standard InChI is InChI=1S/C9H17N3O2S/c1-6(9(10)14)12-8(13)4-7-5-15-3-2-11-7/h6-7,11H,2-5H2,1H3,(H2,10,14)(H,12,13)/t6-,7?/m0/s1. The molecule has 1 unspecified atom stereocenters. The van der Waals surface area contributed by atoms with Gasteiger partial charge in [0.15, 0.2) is 0 Å². The third kappa shape index (κ3) is 4.53. The predicted molar refractivity (Wildman–Crippen MR) is 60.5 cm³/mol. The van der Waals surface area contributed by atoms with Crippen molar-refractivity contribution < 1.29 is 9.59 Å². The topological polar surface area (TPSA) is 84.2 Å². The van der Waals surface area contributed by atoms with E-state index in [4.69, 9.17) is 5.73 Å². The summed E-state index contributed by atoms with van der Waals surface area (Å²) in [6.45, 7) is 2.53. The van der Waals surface area contributed by atoms with Crippen molar-refractivity contribution in [3.63, 3.8) is 0 Å². The third-order valence-electron chi connectivity index (χ3n) is 2.23. The van der Waals surface area contributed by atoms with Crippen LogP contribution in [0.4, 0.5) is 0 Å². The van der Waals surface area contributed by atoms with E-state index in [2.05, 4.69) is 10.6 Å². The number of nitrogens with two attached hydrogens (primary N) is 1. The van der Waals surface area contributed by atoms with Gasteiger partial charge in [-0.15, -0.1) is 0 Å². The second-order valence-electron chi connectivity index (χ2n) is 3.62. The zero-order valence-corrected chi connectivity index (χ0v) is 9.60. The van der Waals surface area contributed by atoms with Gasteiger partial charge in [0.25, 0.3) is 0 Å². The molecule has 0 aromatic heterocycles. The molecule has 0 radical (unpaired) electrons. The maximum atomic E-state index is 11.5. The number of carbonyl (C=O) groups excluding carboxylic acids is 2. The number of nitrogens with one attached hydrogen (secondary N) is 2. The quantitative estimate of drug-likeness (QED) is 0.584. The first-order valence-corrected chi connectivity index (χ1v) is 6.15. The molecule has 1 heterocycles. The summed E-state index contributed by atoms with van der Waals surface area (Å²) in [6.07, 6.45) is 0.407. The molecule has 4 N–H and O–H groups in total. The molecule has 2 atom stereocenters. The van der Waals surface area contributed by atoms with Gasteiger partial charge in [0.1, 0.15) is 6.04 Å². The summed E-state index contributed by atoms with van der Waals surface area (Å²) < 4.78 is 0. The maximum absolute atomic E-state index is 11.5. The van der Waals surface area contributed by atoms with E-state index in [9.17, 15) is 9.59 Å². The molecule has 1 rings (SSSR count). The highest BCUT2D eigenvalue weighted by Gasteiger charge is 2.18. The van der Waals surface area contributed by atoms with E-state index in [1.54, 1.807) is 6.92 Å². The molecule has 5 nitrogen and oxygen atoms in total. The summed E-state index contributed by atoms with van der Waals surface area (Å²) in [5, 5.41) is 5.82. The van der Waals surface area contributed by atoms with Crippen molar-refractivity contribution in [2.75, 3.05) is 18.1 Å². The van der Waals surface area contributed by atoms with Crippen molar-refractivity contribution in [1.82, 2.24) is 10.6 Å². The van der Waals surface area contributed by atoms with E-state index in [1.807, 2.05) is 11.8 Å². The number of amides is 2. The zero-order valence-electron chi connectivity index (χ0n) is 8.79. The van der Waals surface area contributed by atoms with Gasteiger partial charge in [0.2, 0.25) is 11.8 Å². The van der Waals surface area contributed by atoms with Crippen LogP contribution >= 0.6 is 11.8 Å². The second-order valence-corrected chi connectivity index (χ2v) is 4.77. The van der Waals surface area contributed by atoms with Crippen LogP contribution in [-0.2, 0) is 9.59 Å². The average Bonchev–Trinajstić information content (AvgIpc) is 2.18. The molecular weight excluding hydrogens is 214 g/mol. The molecule has 15 heavy (non-hydrogen) atoms. The minimum atomic E-state index is -0.589. The van der Waals surface area contributed by atoms with Crippen LogP contribution in [0.5, 0.6) is 0 Å². The number of thioether (sulfide) groups is 1. The van der Waals surface area contributed by atoms with Gasteiger partial charge in [-0.25, -0.2) is 0 Å². The lowest BCUT2D eigenvalue weighted by atomic mass is 10.2. The Labute approximate surface area is 93.5 Å². The van der Waals surface area contributed by atoms with Gasteiger partial charge < -0.3 is 16.4 Å². The molecule has 6 heteroatoms. The number of hydrogen-bond donors (Lipinski definition) is 3. The second kappa shape index (κ2) is 5.97. The van der Waals surface area contributed by atoms with Crippen LogP contribution in [0.3, 0.4) is 0 Å². The number of carbonyl (C=O) groups is 2. The van der Waals surface area contributed by atoms with Crippen molar-refractivity contribution in [3.8, 4) is 0 Å². The summed E-state index contributed by atoms with van der Waals surface area (Å²) in [5.41, 5.74) is 5.04. The van der Waals surface area contributed by atoms with Gasteiger partial charge in [0, 0.05) is 30.5 Å². The maximum Gasteiger partial charge on any atom is 0.239 e. The Bertz CT molecular complexity index is 242. The fourth-order valence-electron chi connectivity index (χ4n) is 1.35. The van der Waals surface area contributed by atoms with Gasteiger partial charge >= 0.3 is 0 Å². The molecule has 2 amide bonds. The molecule has 0 saturated carbocycles. The Morgan fingerprint density at radius 3 is 2.93 bits per heavy atom. The Balaban J connectivity index is 2.25. The Kier molecular flexibility index (Phi) is 4.90. The molecule has 0 aromatic carbocycles. The minimum Gasteiger partial charge on any atom is -0.368 e. The molecule has 1 saturated heterocycles. The largest absolute Gasteiger partial charge is 0.368 e. The zero-order chi connectivity index (χ0) is 11.3. The van der Waals surface area contributed by atoms with Crippen molar-refractivity contribution in [2.45, 2.75) is 25.4 Å². The van der Waals surface area contributed by atoms with Crippen molar-refractivity contribution in [3.05, 3.63) is 0 Å². The summed E-state index contributed by atoms with van der Waals surface area (Å²) in [4.78, 5) is 22.2. The molecular formula is C9H17N3O2S. The van der Waals surface area contributed by atoms with Crippen LogP contribution in [0.25, 0.3) is 0 Å². The summed E-state index contributed by atoms with van der Waals surface area (Å²) in [7, 11) is 0. The fourth-order valence-corrected chi connectivity index (χ4v) is 2.30. The van der Waals surface area contributed by atoms with Crippen molar-refractivity contribution >= 4 is 23.6 Å². The van der Waals surface area contributed by atoms with E-state index >= 15 is 0 Å². The van der Waals surface area contributed by atoms with Gasteiger partial charge in [-0.05, 0) is 6.92 Å². The Morgan fingerprint density at radius 2 is 2.40 bits per heavy atom. The van der Waals surface area contributed by atoms with Gasteiger partial charge in [-0.1, -0.05) is 0 Å². The highest BCUT2D eigenvalue weighted by molar-refractivity contribution is 7.99. The van der Waals surface area contributed by atoms with E-state index in [1.165, 1.54) is 0 Å². The third-order valence-corrected chi connectivity index (χ3v) is 3.37. The highest BCUT2D eigenvalue weighted by Crippen LogP contribution is 2.09. The van der Waals surface area contributed by atoms with Crippen molar-refractivity contribution in [1.29, 1.82) is 0 Å². The van der Waals surface area contributed by atoms with E-state index < -0.39 is 11.9 Å². The normalized spacial score (nSPS) is 23.1. The first-order valence-electron chi connectivity index (χ1n) is 4.99. The number of primary amides is 1. The molecule has 1 fully saturated rings. The van der Waals surface area contributed by atoms with Gasteiger partial charge in [0.05, 0.1) is 0 Å². The summed E-state index contributed by atoms with van der Waals surface area (Å²) in [6, 6.07) is -0.377. The molecule has 1 aliphatic rings. The molecule has 1 aliphatic heterocycles. The Morgan fingerprint density at radius 1 is 1.67 bits per heavy atom. The summed E-state index contributed by atoms with van der Waals surface area (Å²) in [5.74, 6) is 1.41. The minimum absolute atomic E-state index is 0.124. The monoisotopic (exact) mass is 231 g/mol. The fraction of sp³-hybridized carbons (Fsp3) is 0.778.